The zero-order chi connectivity index (χ0) is 19.3. The summed E-state index contributed by atoms with van der Waals surface area (Å²) in [4.78, 5) is 21.6. The molecule has 0 fully saturated rings. The van der Waals surface area contributed by atoms with E-state index in [1.165, 1.54) is 25.8 Å². The van der Waals surface area contributed by atoms with Crippen molar-refractivity contribution in [2.45, 2.75) is 32.1 Å². The molecular weight excluding hydrogens is 320 g/mol. The minimum Gasteiger partial charge on any atom is -0.352 e. The van der Waals surface area contributed by atoms with Crippen molar-refractivity contribution >= 4 is 12.1 Å². The number of primary amides is 2. The summed E-state index contributed by atoms with van der Waals surface area (Å²) < 4.78 is 1.94. The Morgan fingerprint density at radius 2 is 1.08 bits per heavy atom. The van der Waals surface area contributed by atoms with Crippen LogP contribution in [0, 0.1) is 0 Å². The Bertz CT molecular complexity index is 373. The number of nitrogens with one attached hydrogen (secondary N) is 2. The maximum absolute atomic E-state index is 10.8. The van der Waals surface area contributed by atoms with Crippen molar-refractivity contribution in [1.82, 2.24) is 10.6 Å². The summed E-state index contributed by atoms with van der Waals surface area (Å²) in [7, 11) is 8.90. The van der Waals surface area contributed by atoms with Gasteiger partial charge in [-0.2, -0.15) is 0 Å². The standard InChI is InChI=1S/C17H38N6O2/c1-22(2,3)12-6-5-7-13-23(4,14-8-10-20-16(18)24)15-9-11-21-17(19)25/h5-15H2,1-4H3,(H4-2,18,19,20,21,24,25)/p+2. The summed E-state index contributed by atoms with van der Waals surface area (Å²) in [5.41, 5.74) is 10.2. The van der Waals surface area contributed by atoms with Crippen molar-refractivity contribution in [3.63, 3.8) is 0 Å². The van der Waals surface area contributed by atoms with E-state index in [1.807, 2.05) is 0 Å². The van der Waals surface area contributed by atoms with Crippen molar-refractivity contribution < 1.29 is 18.6 Å². The lowest BCUT2D eigenvalue weighted by Crippen LogP contribution is -2.48. The van der Waals surface area contributed by atoms with Crippen LogP contribution in [0.1, 0.15) is 32.1 Å². The average molecular weight is 361 g/mol. The maximum Gasteiger partial charge on any atom is 0.312 e. The number of unbranched alkanes of at least 4 members (excludes halogenated alkanes) is 2. The Labute approximate surface area is 153 Å². The van der Waals surface area contributed by atoms with Gasteiger partial charge in [0.25, 0.3) is 0 Å². The summed E-state index contributed by atoms with van der Waals surface area (Å²) in [5.74, 6) is 0. The smallest absolute Gasteiger partial charge is 0.312 e. The number of quaternary nitrogens is 2. The van der Waals surface area contributed by atoms with Crippen LogP contribution in [-0.4, -0.2) is 88.5 Å². The highest BCUT2D eigenvalue weighted by molar-refractivity contribution is 5.71. The predicted octanol–water partition coefficient (Wildman–Crippen LogP) is 0.426. The summed E-state index contributed by atoms with van der Waals surface area (Å²) in [6.07, 6.45) is 5.42. The molecule has 6 N–H and O–H groups in total. The number of nitrogens with two attached hydrogens (primary N) is 2. The predicted molar refractivity (Wildman–Crippen MR) is 102 cm³/mol. The summed E-state index contributed by atoms with van der Waals surface area (Å²) >= 11 is 0. The van der Waals surface area contributed by atoms with Crippen LogP contribution in [0.25, 0.3) is 0 Å². The average Bonchev–Trinajstić information content (AvgIpc) is 2.46. The molecule has 0 unspecified atom stereocenters. The minimum atomic E-state index is -0.472. The van der Waals surface area contributed by atoms with E-state index in [9.17, 15) is 9.59 Å². The summed E-state index contributed by atoms with van der Waals surface area (Å²) in [6, 6.07) is -0.944. The van der Waals surface area contributed by atoms with Crippen LogP contribution in [0.4, 0.5) is 9.59 Å². The molecule has 0 atom stereocenters. The fourth-order valence-electron chi connectivity index (χ4n) is 2.94. The van der Waals surface area contributed by atoms with Crippen LogP contribution >= 0.6 is 0 Å². The Morgan fingerprint density at radius 3 is 1.48 bits per heavy atom. The first-order valence-electron chi connectivity index (χ1n) is 9.25. The van der Waals surface area contributed by atoms with Gasteiger partial charge in [-0.3, -0.25) is 0 Å². The molecule has 0 saturated heterocycles. The first-order valence-corrected chi connectivity index (χ1v) is 9.25. The first-order chi connectivity index (χ1) is 11.5. The number of rotatable bonds is 14. The van der Waals surface area contributed by atoms with E-state index < -0.39 is 12.1 Å². The number of urea groups is 2. The summed E-state index contributed by atoms with van der Waals surface area (Å²) in [5, 5.41) is 5.29. The van der Waals surface area contributed by atoms with Gasteiger partial charge in [-0.1, -0.05) is 0 Å². The van der Waals surface area contributed by atoms with Crippen molar-refractivity contribution in [1.29, 1.82) is 0 Å². The number of nitrogens with zero attached hydrogens (tertiary/aromatic N) is 2. The van der Waals surface area contributed by atoms with E-state index in [1.54, 1.807) is 0 Å². The van der Waals surface area contributed by atoms with E-state index in [2.05, 4.69) is 38.8 Å². The molecule has 0 spiro atoms. The zero-order valence-electron chi connectivity index (χ0n) is 16.6. The third-order valence-electron chi connectivity index (χ3n) is 4.37. The van der Waals surface area contributed by atoms with Crippen molar-refractivity contribution in [2.24, 2.45) is 11.5 Å². The number of hydrogen-bond acceptors (Lipinski definition) is 2. The topological polar surface area (TPSA) is 110 Å². The second-order valence-electron chi connectivity index (χ2n) is 8.15. The van der Waals surface area contributed by atoms with Gasteiger partial charge >= 0.3 is 12.1 Å². The molecule has 0 aromatic heterocycles. The normalized spacial score (nSPS) is 12.0. The number of amides is 4. The fourth-order valence-corrected chi connectivity index (χ4v) is 2.94. The fraction of sp³-hybridized carbons (Fsp3) is 0.882. The first kappa shape index (κ1) is 23.5. The van der Waals surface area contributed by atoms with Crippen molar-refractivity contribution in [2.75, 3.05) is 67.5 Å². The molecule has 0 aliphatic heterocycles. The van der Waals surface area contributed by atoms with Gasteiger partial charge in [0.05, 0.1) is 54.4 Å². The Kier molecular flexibility index (Phi) is 11.2. The molecule has 0 saturated carbocycles. The monoisotopic (exact) mass is 360 g/mol. The molecular formula is C17H40N6O2+2. The second kappa shape index (κ2) is 11.9. The van der Waals surface area contributed by atoms with Gasteiger partial charge in [-0.15, -0.1) is 0 Å². The molecule has 4 amide bonds. The zero-order valence-corrected chi connectivity index (χ0v) is 16.6. The van der Waals surface area contributed by atoms with E-state index in [-0.39, 0.29) is 0 Å². The molecule has 0 aliphatic rings. The molecule has 25 heavy (non-hydrogen) atoms. The second-order valence-corrected chi connectivity index (χ2v) is 8.15. The van der Waals surface area contributed by atoms with E-state index in [0.717, 1.165) is 41.4 Å². The van der Waals surface area contributed by atoms with Gasteiger partial charge < -0.3 is 31.1 Å². The molecule has 0 aliphatic carbocycles. The lowest BCUT2D eigenvalue weighted by Gasteiger charge is -2.35. The lowest BCUT2D eigenvalue weighted by atomic mass is 10.1. The molecule has 8 nitrogen and oxygen atoms in total. The molecule has 0 bridgehead atoms. The number of carbonyl (C=O) groups is 2. The van der Waals surface area contributed by atoms with E-state index in [0.29, 0.717) is 13.1 Å². The Balaban J connectivity index is 4.24. The van der Waals surface area contributed by atoms with Crippen LogP contribution in [0.15, 0.2) is 0 Å². The molecule has 0 heterocycles. The van der Waals surface area contributed by atoms with Crippen LogP contribution in [-0.2, 0) is 0 Å². The third kappa shape index (κ3) is 15.7. The molecule has 0 aromatic carbocycles. The van der Waals surface area contributed by atoms with Crippen molar-refractivity contribution in [3.05, 3.63) is 0 Å². The third-order valence-corrected chi connectivity index (χ3v) is 4.37. The molecule has 8 heteroatoms. The van der Waals surface area contributed by atoms with Gasteiger partial charge in [-0.05, 0) is 19.3 Å². The molecule has 0 rings (SSSR count). The SMILES string of the molecule is C[N+](C)(C)CCCCC[N+](C)(CCCNC(N)=O)CCCNC(N)=O. The van der Waals surface area contributed by atoms with Crippen molar-refractivity contribution in [3.8, 4) is 0 Å². The van der Waals surface area contributed by atoms with Crippen LogP contribution in [0.3, 0.4) is 0 Å². The van der Waals surface area contributed by atoms with Crippen LogP contribution in [0.5, 0.6) is 0 Å². The minimum absolute atomic E-state index is 0.472. The van der Waals surface area contributed by atoms with E-state index in [4.69, 9.17) is 11.5 Å². The van der Waals surface area contributed by atoms with E-state index >= 15 is 0 Å². The molecule has 0 radical (unpaired) electrons. The Hall–Kier alpha value is -1.54. The quantitative estimate of drug-likeness (QED) is 0.266. The number of carbonyl (C=O) groups excluding carboxylic acids is 2. The maximum atomic E-state index is 10.8. The van der Waals surface area contributed by atoms with Crippen LogP contribution < -0.4 is 22.1 Å². The van der Waals surface area contributed by atoms with Gasteiger partial charge in [0.2, 0.25) is 0 Å². The van der Waals surface area contributed by atoms with Gasteiger partial charge in [0, 0.05) is 25.9 Å². The number of hydrogen-bond donors (Lipinski definition) is 4. The highest BCUT2D eigenvalue weighted by Crippen LogP contribution is 2.10. The lowest BCUT2D eigenvalue weighted by molar-refractivity contribution is -0.910. The summed E-state index contributed by atoms with van der Waals surface area (Å²) in [6.45, 7) is 5.45. The molecule has 0 aromatic rings. The molecule has 148 valence electrons. The van der Waals surface area contributed by atoms with Crippen LogP contribution in [0.2, 0.25) is 0 Å². The largest absolute Gasteiger partial charge is 0.352 e. The van der Waals surface area contributed by atoms with Gasteiger partial charge in [0.1, 0.15) is 0 Å². The highest BCUT2D eigenvalue weighted by atomic mass is 16.2. The van der Waals surface area contributed by atoms with Gasteiger partial charge in [-0.25, -0.2) is 9.59 Å². The Morgan fingerprint density at radius 1 is 0.680 bits per heavy atom. The highest BCUT2D eigenvalue weighted by Gasteiger charge is 2.20. The van der Waals surface area contributed by atoms with Gasteiger partial charge in [0.15, 0.2) is 0 Å².